The lowest BCUT2D eigenvalue weighted by Crippen LogP contribution is -2.32. The van der Waals surface area contributed by atoms with Crippen molar-refractivity contribution in [3.05, 3.63) is 23.2 Å². The van der Waals surface area contributed by atoms with E-state index < -0.39 is 10.0 Å². The van der Waals surface area contributed by atoms with Crippen molar-refractivity contribution in [2.24, 2.45) is 0 Å². The van der Waals surface area contributed by atoms with Crippen LogP contribution in [0.3, 0.4) is 0 Å². The van der Waals surface area contributed by atoms with Crippen LogP contribution in [0.15, 0.2) is 23.1 Å². The Balaban J connectivity index is 3.13. The number of hydrogen-bond acceptors (Lipinski definition) is 3. The van der Waals surface area contributed by atoms with Gasteiger partial charge in [-0.25, -0.2) is 8.42 Å². The van der Waals surface area contributed by atoms with E-state index in [9.17, 15) is 8.42 Å². The van der Waals surface area contributed by atoms with Gasteiger partial charge >= 0.3 is 0 Å². The number of sulfonamides is 1. The summed E-state index contributed by atoms with van der Waals surface area (Å²) in [4.78, 5) is 0.200. The van der Waals surface area contributed by atoms with Crippen LogP contribution in [0.1, 0.15) is 26.7 Å². The Morgan fingerprint density at radius 2 is 1.78 bits per heavy atom. The largest absolute Gasteiger partial charge is 0.397 e. The number of benzene rings is 1. The quantitative estimate of drug-likeness (QED) is 0.819. The van der Waals surface area contributed by atoms with E-state index in [0.29, 0.717) is 18.1 Å². The Labute approximate surface area is 114 Å². The lowest BCUT2D eigenvalue weighted by molar-refractivity contribution is 0.410. The summed E-state index contributed by atoms with van der Waals surface area (Å²) in [5.41, 5.74) is 5.93. The number of nitrogens with zero attached hydrogens (tertiary/aromatic N) is 1. The second kappa shape index (κ2) is 6.41. The first-order valence-electron chi connectivity index (χ1n) is 5.98. The molecule has 102 valence electrons. The molecule has 2 N–H and O–H groups in total. The Morgan fingerprint density at radius 1 is 1.22 bits per heavy atom. The molecule has 0 heterocycles. The minimum absolute atomic E-state index is 0.200. The molecule has 4 nitrogen and oxygen atoms in total. The van der Waals surface area contributed by atoms with Gasteiger partial charge < -0.3 is 5.73 Å². The zero-order chi connectivity index (χ0) is 13.8. The standard InChI is InChI=1S/C12H19ClN2O2S/c1-3-7-15(8-4-2)18(16,17)10-5-6-11(13)12(14)9-10/h5-6,9H,3-4,7-8,14H2,1-2H3. The first kappa shape index (κ1) is 15.3. The maximum atomic E-state index is 12.4. The van der Waals surface area contributed by atoms with Crippen molar-refractivity contribution in [2.75, 3.05) is 18.8 Å². The number of rotatable bonds is 6. The first-order valence-corrected chi connectivity index (χ1v) is 7.80. The molecule has 0 aliphatic heterocycles. The van der Waals surface area contributed by atoms with E-state index >= 15 is 0 Å². The molecular weight excluding hydrogens is 272 g/mol. The van der Waals surface area contributed by atoms with Crippen molar-refractivity contribution < 1.29 is 8.42 Å². The van der Waals surface area contributed by atoms with Crippen molar-refractivity contribution in [1.82, 2.24) is 4.31 Å². The van der Waals surface area contributed by atoms with Gasteiger partial charge in [0.05, 0.1) is 15.6 Å². The highest BCUT2D eigenvalue weighted by molar-refractivity contribution is 7.89. The maximum absolute atomic E-state index is 12.4. The van der Waals surface area contributed by atoms with Gasteiger partial charge in [-0.2, -0.15) is 4.31 Å². The SMILES string of the molecule is CCCN(CCC)S(=O)(=O)c1ccc(Cl)c(N)c1. The van der Waals surface area contributed by atoms with Gasteiger partial charge in [-0.15, -0.1) is 0 Å². The normalized spacial score (nSPS) is 12.0. The smallest absolute Gasteiger partial charge is 0.243 e. The Hall–Kier alpha value is -0.780. The van der Waals surface area contributed by atoms with Crippen molar-refractivity contribution in [3.63, 3.8) is 0 Å². The van der Waals surface area contributed by atoms with Gasteiger partial charge in [0.15, 0.2) is 0 Å². The molecule has 0 radical (unpaired) electrons. The predicted molar refractivity (Wildman–Crippen MR) is 75.2 cm³/mol. The van der Waals surface area contributed by atoms with Crippen LogP contribution in [-0.2, 0) is 10.0 Å². The molecule has 1 aromatic rings. The average molecular weight is 291 g/mol. The maximum Gasteiger partial charge on any atom is 0.243 e. The van der Waals surface area contributed by atoms with E-state index in [1.54, 1.807) is 0 Å². The number of hydrogen-bond donors (Lipinski definition) is 1. The fourth-order valence-corrected chi connectivity index (χ4v) is 3.46. The van der Waals surface area contributed by atoms with Gasteiger partial charge in [0.25, 0.3) is 0 Å². The van der Waals surface area contributed by atoms with Crippen molar-refractivity contribution in [1.29, 1.82) is 0 Å². The van der Waals surface area contributed by atoms with Gasteiger partial charge in [-0.05, 0) is 31.0 Å². The van der Waals surface area contributed by atoms with Gasteiger partial charge in [-0.3, -0.25) is 0 Å². The fraction of sp³-hybridized carbons (Fsp3) is 0.500. The molecule has 0 fully saturated rings. The second-order valence-corrected chi connectivity index (χ2v) is 6.43. The van der Waals surface area contributed by atoms with Gasteiger partial charge in [0.2, 0.25) is 10.0 Å². The lowest BCUT2D eigenvalue weighted by Gasteiger charge is -2.21. The van der Waals surface area contributed by atoms with E-state index in [4.69, 9.17) is 17.3 Å². The lowest BCUT2D eigenvalue weighted by atomic mass is 10.3. The van der Waals surface area contributed by atoms with Crippen LogP contribution in [0.5, 0.6) is 0 Å². The molecule has 18 heavy (non-hydrogen) atoms. The summed E-state index contributed by atoms with van der Waals surface area (Å²) in [6, 6.07) is 4.42. The van der Waals surface area contributed by atoms with Crippen molar-refractivity contribution >= 4 is 27.3 Å². The summed E-state index contributed by atoms with van der Waals surface area (Å²) < 4.78 is 26.3. The molecule has 0 aromatic heterocycles. The van der Waals surface area contributed by atoms with Gasteiger partial charge in [-0.1, -0.05) is 25.4 Å². The molecule has 1 aromatic carbocycles. The minimum Gasteiger partial charge on any atom is -0.397 e. The number of nitrogen functional groups attached to an aromatic ring is 1. The Kier molecular flexibility index (Phi) is 5.44. The monoisotopic (exact) mass is 290 g/mol. The van der Waals surface area contributed by atoms with Gasteiger partial charge in [0, 0.05) is 13.1 Å². The molecule has 0 bridgehead atoms. The van der Waals surface area contributed by atoms with Crippen LogP contribution in [0.25, 0.3) is 0 Å². The summed E-state index contributed by atoms with van der Waals surface area (Å²) in [5, 5.41) is 0.367. The molecule has 0 atom stereocenters. The van der Waals surface area contributed by atoms with Crippen molar-refractivity contribution in [3.8, 4) is 0 Å². The summed E-state index contributed by atoms with van der Waals surface area (Å²) in [7, 11) is -3.47. The molecule has 0 saturated carbocycles. The van der Waals surface area contributed by atoms with E-state index in [0.717, 1.165) is 12.8 Å². The topological polar surface area (TPSA) is 63.4 Å². The molecular formula is C12H19ClN2O2S. The first-order chi connectivity index (χ1) is 8.43. The average Bonchev–Trinajstić information content (AvgIpc) is 2.32. The molecule has 0 aliphatic carbocycles. The molecule has 0 unspecified atom stereocenters. The highest BCUT2D eigenvalue weighted by atomic mass is 35.5. The summed E-state index contributed by atoms with van der Waals surface area (Å²) in [6.45, 7) is 4.93. The van der Waals surface area contributed by atoms with Crippen LogP contribution >= 0.6 is 11.6 Å². The highest BCUT2D eigenvalue weighted by Gasteiger charge is 2.23. The number of halogens is 1. The molecule has 0 aliphatic rings. The molecule has 0 amide bonds. The van der Waals surface area contributed by atoms with E-state index in [1.807, 2.05) is 13.8 Å². The number of nitrogens with two attached hydrogens (primary N) is 1. The molecule has 1 rings (SSSR count). The van der Waals surface area contributed by atoms with Crippen LogP contribution in [0.2, 0.25) is 5.02 Å². The van der Waals surface area contributed by atoms with Crippen LogP contribution < -0.4 is 5.73 Å². The number of anilines is 1. The highest BCUT2D eigenvalue weighted by Crippen LogP contribution is 2.24. The second-order valence-electron chi connectivity index (χ2n) is 4.09. The summed E-state index contributed by atoms with van der Waals surface area (Å²) >= 11 is 5.80. The minimum atomic E-state index is -3.47. The van der Waals surface area contributed by atoms with E-state index in [-0.39, 0.29) is 10.6 Å². The summed E-state index contributed by atoms with van der Waals surface area (Å²) in [6.07, 6.45) is 1.56. The Morgan fingerprint density at radius 3 is 2.22 bits per heavy atom. The van der Waals surface area contributed by atoms with Crippen molar-refractivity contribution in [2.45, 2.75) is 31.6 Å². The van der Waals surface area contributed by atoms with Crippen LogP contribution in [0.4, 0.5) is 5.69 Å². The van der Waals surface area contributed by atoms with Crippen LogP contribution in [-0.4, -0.2) is 25.8 Å². The van der Waals surface area contributed by atoms with Crippen LogP contribution in [0, 0.1) is 0 Å². The zero-order valence-electron chi connectivity index (χ0n) is 10.7. The zero-order valence-corrected chi connectivity index (χ0v) is 12.3. The van der Waals surface area contributed by atoms with Gasteiger partial charge in [0.1, 0.15) is 0 Å². The molecule has 6 heteroatoms. The third-order valence-corrected chi connectivity index (χ3v) is 4.79. The fourth-order valence-electron chi connectivity index (χ4n) is 1.68. The molecule has 0 spiro atoms. The third-order valence-electron chi connectivity index (χ3n) is 2.55. The Bertz CT molecular complexity index is 497. The predicted octanol–water partition coefficient (Wildman–Crippen LogP) is 2.73. The van der Waals surface area contributed by atoms with E-state index in [2.05, 4.69) is 0 Å². The summed E-state index contributed by atoms with van der Waals surface area (Å²) in [5.74, 6) is 0. The third kappa shape index (κ3) is 3.37. The van der Waals surface area contributed by atoms with E-state index in [1.165, 1.54) is 22.5 Å². The molecule has 0 saturated heterocycles.